The maximum absolute atomic E-state index is 13.0. The van der Waals surface area contributed by atoms with Gasteiger partial charge in [0.25, 0.3) is 5.91 Å². The predicted octanol–water partition coefficient (Wildman–Crippen LogP) is 1.70. The van der Waals surface area contributed by atoms with Gasteiger partial charge in [-0.3, -0.25) is 4.79 Å². The molecule has 0 bridgehead atoms. The van der Waals surface area contributed by atoms with Gasteiger partial charge < -0.3 is 19.9 Å². The Labute approximate surface area is 153 Å². The minimum Gasteiger partial charge on any atom is -0.378 e. The molecule has 1 aromatic carbocycles. The zero-order valence-electron chi connectivity index (χ0n) is 14.8. The highest BCUT2D eigenvalue weighted by Gasteiger charge is 2.27. The van der Waals surface area contributed by atoms with Crippen LogP contribution in [0.5, 0.6) is 0 Å². The van der Waals surface area contributed by atoms with E-state index in [1.165, 1.54) is 5.56 Å². The highest BCUT2D eigenvalue weighted by atomic mass is 16.5. The number of carbonyl (C=O) groups excluding carboxylic acids is 1. The molecular weight excluding hydrogens is 328 g/mol. The fourth-order valence-corrected chi connectivity index (χ4v) is 3.60. The van der Waals surface area contributed by atoms with Gasteiger partial charge in [-0.1, -0.05) is 30.3 Å². The first-order chi connectivity index (χ1) is 12.8. The minimum atomic E-state index is 0.0474. The first-order valence-electron chi connectivity index (χ1n) is 9.18. The minimum absolute atomic E-state index is 0.0474. The average molecular weight is 352 g/mol. The number of hydrogen-bond donors (Lipinski definition) is 1. The second-order valence-corrected chi connectivity index (χ2v) is 6.64. The largest absolute Gasteiger partial charge is 0.378 e. The monoisotopic (exact) mass is 352 g/mol. The molecule has 2 aromatic rings. The topological polar surface area (TPSA) is 57.7 Å². The molecular formula is C20H24N4O2. The van der Waals surface area contributed by atoms with Crippen LogP contribution in [0.2, 0.25) is 0 Å². The predicted molar refractivity (Wildman–Crippen MR) is 100 cm³/mol. The Morgan fingerprint density at radius 3 is 2.69 bits per heavy atom. The molecule has 0 saturated carbocycles. The Kier molecular flexibility index (Phi) is 5.13. The van der Waals surface area contributed by atoms with E-state index in [2.05, 4.69) is 39.5 Å². The van der Waals surface area contributed by atoms with Crippen LogP contribution in [0.15, 0.2) is 48.7 Å². The number of nitrogens with one attached hydrogen (secondary N) is 1. The Balaban J connectivity index is 1.56. The maximum Gasteiger partial charge on any atom is 0.257 e. The van der Waals surface area contributed by atoms with Gasteiger partial charge in [0.2, 0.25) is 0 Å². The van der Waals surface area contributed by atoms with Crippen LogP contribution in [0.1, 0.15) is 22.0 Å². The van der Waals surface area contributed by atoms with E-state index < -0.39 is 0 Å². The summed E-state index contributed by atoms with van der Waals surface area (Å²) in [7, 11) is 0. The van der Waals surface area contributed by atoms with Crippen molar-refractivity contribution >= 4 is 11.7 Å². The van der Waals surface area contributed by atoms with Crippen molar-refractivity contribution in [2.45, 2.75) is 6.04 Å². The van der Waals surface area contributed by atoms with Gasteiger partial charge in [-0.25, -0.2) is 4.98 Å². The van der Waals surface area contributed by atoms with E-state index in [9.17, 15) is 4.79 Å². The zero-order valence-corrected chi connectivity index (χ0v) is 14.8. The number of carbonyl (C=O) groups is 1. The number of aromatic nitrogens is 1. The van der Waals surface area contributed by atoms with Crippen LogP contribution in [-0.2, 0) is 4.74 Å². The number of anilines is 1. The first-order valence-corrected chi connectivity index (χ1v) is 9.18. The van der Waals surface area contributed by atoms with Crippen LogP contribution in [0, 0.1) is 0 Å². The third kappa shape index (κ3) is 3.57. The summed E-state index contributed by atoms with van der Waals surface area (Å²) < 4.78 is 5.37. The first kappa shape index (κ1) is 17.0. The Bertz CT molecular complexity index is 746. The molecule has 1 aromatic heterocycles. The van der Waals surface area contributed by atoms with Gasteiger partial charge in [0.05, 0.1) is 18.8 Å². The second-order valence-electron chi connectivity index (χ2n) is 6.64. The number of benzene rings is 1. The van der Waals surface area contributed by atoms with E-state index in [1.54, 1.807) is 6.20 Å². The fourth-order valence-electron chi connectivity index (χ4n) is 3.60. The summed E-state index contributed by atoms with van der Waals surface area (Å²) in [5.74, 6) is 0.831. The van der Waals surface area contributed by atoms with Crippen molar-refractivity contribution in [3.8, 4) is 0 Å². The average Bonchev–Trinajstić information content (AvgIpc) is 2.74. The van der Waals surface area contributed by atoms with Gasteiger partial charge >= 0.3 is 0 Å². The summed E-state index contributed by atoms with van der Waals surface area (Å²) in [5.41, 5.74) is 1.94. The van der Waals surface area contributed by atoms with E-state index in [0.717, 1.165) is 25.5 Å². The highest BCUT2D eigenvalue weighted by molar-refractivity contribution is 5.99. The van der Waals surface area contributed by atoms with Gasteiger partial charge in [-0.2, -0.15) is 0 Å². The lowest BCUT2D eigenvalue weighted by Crippen LogP contribution is -2.47. The van der Waals surface area contributed by atoms with Gasteiger partial charge in [0.1, 0.15) is 5.82 Å². The SMILES string of the molecule is O=C(c1cccnc1N1CCNC(c2ccccc2)C1)N1CCOCC1. The van der Waals surface area contributed by atoms with Crippen LogP contribution in [0.25, 0.3) is 0 Å². The van der Waals surface area contributed by atoms with Gasteiger partial charge in [0, 0.05) is 45.0 Å². The van der Waals surface area contributed by atoms with Crippen LogP contribution in [0.3, 0.4) is 0 Å². The Hall–Kier alpha value is -2.44. The van der Waals surface area contributed by atoms with Crippen molar-refractivity contribution < 1.29 is 9.53 Å². The lowest BCUT2D eigenvalue weighted by atomic mass is 10.0. The number of pyridine rings is 1. The summed E-state index contributed by atoms with van der Waals surface area (Å²) in [6.07, 6.45) is 1.77. The van der Waals surface area contributed by atoms with Crippen LogP contribution in [0.4, 0.5) is 5.82 Å². The zero-order chi connectivity index (χ0) is 17.8. The highest BCUT2D eigenvalue weighted by Crippen LogP contribution is 2.25. The molecule has 2 fully saturated rings. The van der Waals surface area contributed by atoms with Crippen molar-refractivity contribution in [1.29, 1.82) is 0 Å². The number of rotatable bonds is 3. The number of piperazine rings is 1. The maximum atomic E-state index is 13.0. The third-order valence-electron chi connectivity index (χ3n) is 4.99. The summed E-state index contributed by atoms with van der Waals surface area (Å²) in [6, 6.07) is 14.4. The van der Waals surface area contributed by atoms with Crippen molar-refractivity contribution in [2.24, 2.45) is 0 Å². The van der Waals surface area contributed by atoms with Crippen molar-refractivity contribution in [1.82, 2.24) is 15.2 Å². The molecule has 6 heteroatoms. The fraction of sp³-hybridized carbons (Fsp3) is 0.400. The van der Waals surface area contributed by atoms with E-state index in [-0.39, 0.29) is 11.9 Å². The van der Waals surface area contributed by atoms with E-state index in [1.807, 2.05) is 23.1 Å². The van der Waals surface area contributed by atoms with Gasteiger partial charge in [0.15, 0.2) is 0 Å². The van der Waals surface area contributed by atoms with E-state index >= 15 is 0 Å². The van der Waals surface area contributed by atoms with Crippen molar-refractivity contribution in [3.63, 3.8) is 0 Å². The molecule has 0 spiro atoms. The molecule has 0 radical (unpaired) electrons. The molecule has 2 aliphatic rings. The molecule has 26 heavy (non-hydrogen) atoms. The molecule has 1 unspecified atom stereocenters. The Morgan fingerprint density at radius 1 is 1.08 bits per heavy atom. The lowest BCUT2D eigenvalue weighted by molar-refractivity contribution is 0.0303. The number of morpholine rings is 1. The van der Waals surface area contributed by atoms with Crippen molar-refractivity contribution in [2.75, 3.05) is 50.8 Å². The Morgan fingerprint density at radius 2 is 1.88 bits per heavy atom. The molecule has 4 rings (SSSR count). The number of hydrogen-bond acceptors (Lipinski definition) is 5. The van der Waals surface area contributed by atoms with E-state index in [4.69, 9.17) is 4.74 Å². The standard InChI is InChI=1S/C20H24N4O2/c25-20(23-11-13-26-14-12-23)17-7-4-8-22-19(17)24-10-9-21-18(15-24)16-5-2-1-3-6-16/h1-8,18,21H,9-15H2. The van der Waals surface area contributed by atoms with Gasteiger partial charge in [-0.05, 0) is 17.7 Å². The van der Waals surface area contributed by atoms with E-state index in [0.29, 0.717) is 31.9 Å². The quantitative estimate of drug-likeness (QED) is 0.911. The molecule has 1 amide bonds. The number of amides is 1. The smallest absolute Gasteiger partial charge is 0.257 e. The molecule has 1 N–H and O–H groups in total. The summed E-state index contributed by atoms with van der Waals surface area (Å²) in [6.45, 7) is 4.98. The summed E-state index contributed by atoms with van der Waals surface area (Å²) in [5, 5.41) is 3.57. The molecule has 2 saturated heterocycles. The number of ether oxygens (including phenoxy) is 1. The normalized spacial score (nSPS) is 20.8. The summed E-state index contributed by atoms with van der Waals surface area (Å²) in [4.78, 5) is 21.7. The van der Waals surface area contributed by atoms with Crippen LogP contribution in [-0.4, -0.2) is 61.7 Å². The van der Waals surface area contributed by atoms with Crippen LogP contribution < -0.4 is 10.2 Å². The second kappa shape index (κ2) is 7.85. The van der Waals surface area contributed by atoms with Gasteiger partial charge in [-0.15, -0.1) is 0 Å². The molecule has 136 valence electrons. The number of nitrogens with zero attached hydrogens (tertiary/aromatic N) is 3. The molecule has 3 heterocycles. The lowest BCUT2D eigenvalue weighted by Gasteiger charge is -2.36. The third-order valence-corrected chi connectivity index (χ3v) is 4.99. The van der Waals surface area contributed by atoms with Crippen LogP contribution >= 0.6 is 0 Å². The molecule has 0 aliphatic carbocycles. The van der Waals surface area contributed by atoms with Crippen molar-refractivity contribution in [3.05, 3.63) is 59.8 Å². The molecule has 6 nitrogen and oxygen atoms in total. The molecule has 2 aliphatic heterocycles. The molecule has 1 atom stereocenters. The summed E-state index contributed by atoms with van der Waals surface area (Å²) >= 11 is 0.